The van der Waals surface area contributed by atoms with E-state index in [0.717, 1.165) is 13.0 Å². The first-order valence-electron chi connectivity index (χ1n) is 5.36. The lowest BCUT2D eigenvalue weighted by Crippen LogP contribution is -2.37. The average Bonchev–Trinajstić information content (AvgIpc) is 2.87. The van der Waals surface area contributed by atoms with E-state index in [1.165, 1.54) is 0 Å². The highest BCUT2D eigenvalue weighted by molar-refractivity contribution is 5.94. The van der Waals surface area contributed by atoms with E-state index in [1.54, 1.807) is 30.3 Å². The minimum Gasteiger partial charge on any atom is -0.367 e. The van der Waals surface area contributed by atoms with Gasteiger partial charge in [0.15, 0.2) is 0 Å². The highest BCUT2D eigenvalue weighted by Gasteiger charge is 2.25. The highest BCUT2D eigenvalue weighted by atomic mass is 16.2. The van der Waals surface area contributed by atoms with E-state index >= 15 is 0 Å². The summed E-state index contributed by atoms with van der Waals surface area (Å²) >= 11 is 0. The molecule has 0 unspecified atom stereocenters. The summed E-state index contributed by atoms with van der Waals surface area (Å²) in [6.07, 6.45) is 4.20. The molecule has 1 fully saturated rings. The molecule has 1 aliphatic heterocycles. The van der Waals surface area contributed by atoms with E-state index in [1.807, 2.05) is 0 Å². The van der Waals surface area contributed by atoms with Crippen LogP contribution in [0.1, 0.15) is 23.7 Å². The van der Waals surface area contributed by atoms with Gasteiger partial charge in [-0.2, -0.15) is 0 Å². The molecule has 1 saturated heterocycles. The van der Waals surface area contributed by atoms with Crippen LogP contribution in [0.3, 0.4) is 0 Å². The lowest BCUT2D eigenvalue weighted by atomic mass is 10.2. The molecule has 0 bridgehead atoms. The molecule has 16 heavy (non-hydrogen) atoms. The molecule has 5 heteroatoms. The number of hydrogen-bond acceptors (Lipinski definition) is 2. The number of amides is 2. The molecule has 1 aliphatic rings. The number of carbonyl (C=O) groups is 2. The molecule has 0 radical (unpaired) electrons. The lowest BCUT2D eigenvalue weighted by molar-refractivity contribution is -0.127. The zero-order valence-corrected chi connectivity index (χ0v) is 9.19. The molecule has 2 N–H and O–H groups in total. The van der Waals surface area contributed by atoms with Gasteiger partial charge in [-0.15, -0.1) is 0 Å². The third-order valence-corrected chi connectivity index (χ3v) is 2.83. The Labute approximate surface area is 93.8 Å². The first kappa shape index (κ1) is 10.7. The first-order chi connectivity index (χ1) is 7.66. The number of rotatable bonds is 2. The van der Waals surface area contributed by atoms with Crippen LogP contribution in [0.15, 0.2) is 18.5 Å². The van der Waals surface area contributed by atoms with Gasteiger partial charge in [0.25, 0.3) is 5.91 Å². The van der Waals surface area contributed by atoms with Crippen LogP contribution in [0.2, 0.25) is 0 Å². The third kappa shape index (κ3) is 2.24. The number of aromatic amines is 1. The Morgan fingerprint density at radius 1 is 1.56 bits per heavy atom. The minimum absolute atomic E-state index is 0.0680. The lowest BCUT2D eigenvalue weighted by Gasteiger charge is -2.14. The van der Waals surface area contributed by atoms with Crippen molar-refractivity contribution in [2.24, 2.45) is 0 Å². The van der Waals surface area contributed by atoms with E-state index in [2.05, 4.69) is 10.3 Å². The van der Waals surface area contributed by atoms with Gasteiger partial charge in [0.05, 0.1) is 5.56 Å². The van der Waals surface area contributed by atoms with Gasteiger partial charge in [0.2, 0.25) is 5.91 Å². The SMILES string of the molecule is CC(=O)N1CC[C@H](NC(=O)c2cc[nH]c2)C1. The number of hydrogen-bond donors (Lipinski definition) is 2. The second kappa shape index (κ2) is 4.38. The largest absolute Gasteiger partial charge is 0.367 e. The van der Waals surface area contributed by atoms with Crippen molar-refractivity contribution >= 4 is 11.8 Å². The van der Waals surface area contributed by atoms with E-state index in [9.17, 15) is 9.59 Å². The van der Waals surface area contributed by atoms with Crippen molar-refractivity contribution in [3.05, 3.63) is 24.0 Å². The zero-order chi connectivity index (χ0) is 11.5. The summed E-state index contributed by atoms with van der Waals surface area (Å²) in [6, 6.07) is 1.80. The number of nitrogens with zero attached hydrogens (tertiary/aromatic N) is 1. The summed E-state index contributed by atoms with van der Waals surface area (Å²) in [5.74, 6) is -0.0185. The Morgan fingerprint density at radius 3 is 2.94 bits per heavy atom. The summed E-state index contributed by atoms with van der Waals surface area (Å²) < 4.78 is 0. The quantitative estimate of drug-likeness (QED) is 0.757. The van der Waals surface area contributed by atoms with Gasteiger partial charge < -0.3 is 15.2 Å². The second-order valence-electron chi connectivity index (χ2n) is 4.02. The van der Waals surface area contributed by atoms with Gasteiger partial charge in [-0.1, -0.05) is 0 Å². The summed E-state index contributed by atoms with van der Waals surface area (Å²) in [7, 11) is 0. The number of H-pyrrole nitrogens is 1. The van der Waals surface area contributed by atoms with Crippen molar-refractivity contribution < 1.29 is 9.59 Å². The Kier molecular flexibility index (Phi) is 2.94. The number of likely N-dealkylation sites (tertiary alicyclic amines) is 1. The van der Waals surface area contributed by atoms with Crippen LogP contribution in [0, 0.1) is 0 Å². The fraction of sp³-hybridized carbons (Fsp3) is 0.455. The third-order valence-electron chi connectivity index (χ3n) is 2.83. The molecule has 0 spiro atoms. The summed E-state index contributed by atoms with van der Waals surface area (Å²) in [5.41, 5.74) is 0.626. The fourth-order valence-corrected chi connectivity index (χ4v) is 1.90. The van der Waals surface area contributed by atoms with Crippen LogP contribution in [0.5, 0.6) is 0 Å². The topological polar surface area (TPSA) is 65.2 Å². The van der Waals surface area contributed by atoms with Crippen LogP contribution in [-0.2, 0) is 4.79 Å². The standard InChI is InChI=1S/C11H15N3O2/c1-8(15)14-5-3-10(7-14)13-11(16)9-2-4-12-6-9/h2,4,6,10,12H,3,5,7H2,1H3,(H,13,16)/t10-/m0/s1. The normalized spacial score (nSPS) is 19.8. The maximum Gasteiger partial charge on any atom is 0.253 e. The van der Waals surface area contributed by atoms with Crippen LogP contribution >= 0.6 is 0 Å². The molecule has 86 valence electrons. The van der Waals surface area contributed by atoms with Crippen LogP contribution in [-0.4, -0.2) is 40.8 Å². The molecule has 0 saturated carbocycles. The predicted molar refractivity (Wildman–Crippen MR) is 58.9 cm³/mol. The monoisotopic (exact) mass is 221 g/mol. The van der Waals surface area contributed by atoms with Crippen LogP contribution in [0.25, 0.3) is 0 Å². The fourth-order valence-electron chi connectivity index (χ4n) is 1.90. The molecule has 0 aromatic carbocycles. The van der Waals surface area contributed by atoms with Gasteiger partial charge in [0, 0.05) is 38.4 Å². The van der Waals surface area contributed by atoms with E-state index < -0.39 is 0 Å². The number of nitrogens with one attached hydrogen (secondary N) is 2. The maximum atomic E-state index is 11.7. The van der Waals surface area contributed by atoms with Gasteiger partial charge in [-0.25, -0.2) is 0 Å². The summed E-state index contributed by atoms with van der Waals surface area (Å²) in [6.45, 7) is 2.90. The Bertz CT molecular complexity index is 386. The smallest absolute Gasteiger partial charge is 0.253 e. The predicted octanol–water partition coefficient (Wildman–Crippen LogP) is 0.365. The Balaban J connectivity index is 1.88. The van der Waals surface area contributed by atoms with Gasteiger partial charge in [0.1, 0.15) is 0 Å². The second-order valence-corrected chi connectivity index (χ2v) is 4.02. The van der Waals surface area contributed by atoms with E-state index in [4.69, 9.17) is 0 Å². The molecule has 2 rings (SSSR count). The summed E-state index contributed by atoms with van der Waals surface area (Å²) in [4.78, 5) is 27.4. The van der Waals surface area contributed by atoms with Crippen molar-refractivity contribution in [1.82, 2.24) is 15.2 Å². The van der Waals surface area contributed by atoms with E-state index in [-0.39, 0.29) is 17.9 Å². The van der Waals surface area contributed by atoms with Crippen LogP contribution in [0.4, 0.5) is 0 Å². The molecule has 1 aromatic heterocycles. The molecular weight excluding hydrogens is 206 g/mol. The van der Waals surface area contributed by atoms with Gasteiger partial charge in [-0.3, -0.25) is 9.59 Å². The van der Waals surface area contributed by atoms with Crippen molar-refractivity contribution in [3.63, 3.8) is 0 Å². The minimum atomic E-state index is -0.0864. The molecule has 0 aliphatic carbocycles. The maximum absolute atomic E-state index is 11.7. The molecular formula is C11H15N3O2. The van der Waals surface area contributed by atoms with E-state index in [0.29, 0.717) is 12.1 Å². The van der Waals surface area contributed by atoms with Crippen LogP contribution < -0.4 is 5.32 Å². The van der Waals surface area contributed by atoms with Gasteiger partial charge >= 0.3 is 0 Å². The summed E-state index contributed by atoms with van der Waals surface area (Å²) in [5, 5.41) is 2.91. The molecule has 2 amide bonds. The number of aromatic nitrogens is 1. The average molecular weight is 221 g/mol. The number of carbonyl (C=O) groups excluding carboxylic acids is 2. The Morgan fingerprint density at radius 2 is 2.38 bits per heavy atom. The van der Waals surface area contributed by atoms with Crippen molar-refractivity contribution in [3.8, 4) is 0 Å². The van der Waals surface area contributed by atoms with Crippen molar-refractivity contribution in [2.45, 2.75) is 19.4 Å². The molecule has 2 heterocycles. The molecule has 1 aromatic rings. The first-order valence-corrected chi connectivity index (χ1v) is 5.36. The van der Waals surface area contributed by atoms with Crippen molar-refractivity contribution in [2.75, 3.05) is 13.1 Å². The van der Waals surface area contributed by atoms with Gasteiger partial charge in [-0.05, 0) is 12.5 Å². The van der Waals surface area contributed by atoms with Crippen molar-refractivity contribution in [1.29, 1.82) is 0 Å². The molecule has 5 nitrogen and oxygen atoms in total. The molecule has 1 atom stereocenters. The Hall–Kier alpha value is -1.78. The highest BCUT2D eigenvalue weighted by Crippen LogP contribution is 2.10. The zero-order valence-electron chi connectivity index (χ0n) is 9.19.